The van der Waals surface area contributed by atoms with Gasteiger partial charge in [-0.25, -0.2) is 4.39 Å². The minimum atomic E-state index is -0.673. The topological polar surface area (TPSA) is 50.4 Å². The van der Waals surface area contributed by atoms with E-state index in [0.29, 0.717) is 5.75 Å². The number of carbonyl (C=O) groups is 1. The van der Waals surface area contributed by atoms with Gasteiger partial charge in [-0.1, -0.05) is 11.6 Å². The zero-order valence-electron chi connectivity index (χ0n) is 11.3. The first kappa shape index (κ1) is 15.1. The number of amides is 1. The molecule has 2 rings (SSSR count). The van der Waals surface area contributed by atoms with Crippen molar-refractivity contribution in [2.45, 2.75) is 31.9 Å². The Balaban J connectivity index is 1.89. The van der Waals surface area contributed by atoms with Crippen molar-refractivity contribution in [1.82, 2.24) is 10.6 Å². The molecule has 1 unspecified atom stereocenters. The molecule has 4 nitrogen and oxygen atoms in total. The fourth-order valence-electron chi connectivity index (χ4n) is 2.10. The second kappa shape index (κ2) is 6.90. The molecule has 0 radical (unpaired) electrons. The molecular weight excluding hydrogens is 283 g/mol. The minimum absolute atomic E-state index is 0.159. The first-order valence-electron chi connectivity index (χ1n) is 6.69. The third-order valence-corrected chi connectivity index (χ3v) is 3.55. The number of ether oxygens (including phenoxy) is 1. The molecule has 1 atom stereocenters. The molecule has 20 heavy (non-hydrogen) atoms. The first-order chi connectivity index (χ1) is 9.56. The van der Waals surface area contributed by atoms with Gasteiger partial charge in [0, 0.05) is 6.04 Å². The summed E-state index contributed by atoms with van der Waals surface area (Å²) in [6.45, 7) is 3.46. The Bertz CT molecular complexity index is 478. The number of piperidine rings is 1. The van der Waals surface area contributed by atoms with Gasteiger partial charge in [0.05, 0.1) is 5.02 Å². The van der Waals surface area contributed by atoms with Crippen molar-refractivity contribution in [3.05, 3.63) is 29.0 Å². The lowest BCUT2D eigenvalue weighted by Gasteiger charge is -2.25. The Morgan fingerprint density at radius 3 is 2.85 bits per heavy atom. The predicted octanol–water partition coefficient (Wildman–Crippen LogP) is 2.11. The third-order valence-electron chi connectivity index (χ3n) is 3.25. The van der Waals surface area contributed by atoms with Gasteiger partial charge in [0.2, 0.25) is 0 Å². The number of hydrogen-bond acceptors (Lipinski definition) is 3. The molecule has 0 aromatic heterocycles. The summed E-state index contributed by atoms with van der Waals surface area (Å²) in [5.74, 6) is -0.313. The lowest BCUT2D eigenvalue weighted by molar-refractivity contribution is -0.128. The molecule has 0 aliphatic carbocycles. The molecule has 0 bridgehead atoms. The summed E-state index contributed by atoms with van der Waals surface area (Å²) in [5, 5.41) is 6.34. The van der Waals surface area contributed by atoms with Crippen LogP contribution in [0.4, 0.5) is 4.39 Å². The third kappa shape index (κ3) is 4.08. The van der Waals surface area contributed by atoms with Gasteiger partial charge in [-0.2, -0.15) is 0 Å². The minimum Gasteiger partial charge on any atom is -0.479 e. The molecular formula is C14H18ClFN2O2. The quantitative estimate of drug-likeness (QED) is 0.895. The highest BCUT2D eigenvalue weighted by Gasteiger charge is 2.21. The molecule has 1 heterocycles. The predicted molar refractivity (Wildman–Crippen MR) is 75.5 cm³/mol. The van der Waals surface area contributed by atoms with E-state index >= 15 is 0 Å². The van der Waals surface area contributed by atoms with Gasteiger partial charge < -0.3 is 15.4 Å². The molecule has 1 saturated heterocycles. The van der Waals surface area contributed by atoms with E-state index < -0.39 is 11.9 Å². The van der Waals surface area contributed by atoms with Crippen molar-refractivity contribution >= 4 is 17.5 Å². The summed E-state index contributed by atoms with van der Waals surface area (Å²) < 4.78 is 18.4. The van der Waals surface area contributed by atoms with Crippen LogP contribution in [-0.2, 0) is 4.79 Å². The Labute approximate surface area is 122 Å². The molecule has 1 amide bonds. The van der Waals surface area contributed by atoms with Crippen LogP contribution in [-0.4, -0.2) is 31.1 Å². The van der Waals surface area contributed by atoms with E-state index in [1.54, 1.807) is 6.92 Å². The van der Waals surface area contributed by atoms with Crippen molar-refractivity contribution in [3.63, 3.8) is 0 Å². The molecule has 1 aliphatic heterocycles. The van der Waals surface area contributed by atoms with Crippen LogP contribution in [0.1, 0.15) is 19.8 Å². The van der Waals surface area contributed by atoms with Gasteiger partial charge in [0.15, 0.2) is 6.10 Å². The van der Waals surface area contributed by atoms with E-state index in [2.05, 4.69) is 10.6 Å². The summed E-state index contributed by atoms with van der Waals surface area (Å²) in [7, 11) is 0. The van der Waals surface area contributed by atoms with Crippen LogP contribution in [0.15, 0.2) is 18.2 Å². The van der Waals surface area contributed by atoms with Crippen LogP contribution in [0.25, 0.3) is 0 Å². The maximum absolute atomic E-state index is 12.9. The van der Waals surface area contributed by atoms with E-state index in [1.165, 1.54) is 12.1 Å². The molecule has 1 aromatic rings. The highest BCUT2D eigenvalue weighted by atomic mass is 35.5. The van der Waals surface area contributed by atoms with Crippen LogP contribution < -0.4 is 15.4 Å². The van der Waals surface area contributed by atoms with Gasteiger partial charge in [0.25, 0.3) is 5.91 Å². The van der Waals surface area contributed by atoms with Crippen LogP contribution in [0.5, 0.6) is 5.75 Å². The molecule has 0 spiro atoms. The van der Waals surface area contributed by atoms with Crippen molar-refractivity contribution in [1.29, 1.82) is 0 Å². The lowest BCUT2D eigenvalue weighted by atomic mass is 10.1. The average molecular weight is 301 g/mol. The highest BCUT2D eigenvalue weighted by Crippen LogP contribution is 2.25. The number of carbonyl (C=O) groups excluding carboxylic acids is 1. The maximum atomic E-state index is 12.9. The number of nitrogens with one attached hydrogen (secondary N) is 2. The Morgan fingerprint density at radius 1 is 1.50 bits per heavy atom. The van der Waals surface area contributed by atoms with Crippen molar-refractivity contribution in [2.24, 2.45) is 0 Å². The standard InChI is InChI=1S/C14H18ClFN2O2/c1-9(14(19)18-11-4-6-17-7-5-11)20-13-3-2-10(16)8-12(13)15/h2-3,8-9,11,17H,4-7H2,1H3,(H,18,19). The summed E-state index contributed by atoms with van der Waals surface area (Å²) >= 11 is 5.87. The molecule has 1 aromatic carbocycles. The molecule has 1 fully saturated rings. The molecule has 0 saturated carbocycles. The average Bonchev–Trinajstić information content (AvgIpc) is 2.43. The summed E-state index contributed by atoms with van der Waals surface area (Å²) in [6, 6.07) is 4.01. The van der Waals surface area contributed by atoms with E-state index in [4.69, 9.17) is 16.3 Å². The normalized spacial score (nSPS) is 17.6. The zero-order valence-corrected chi connectivity index (χ0v) is 12.0. The zero-order chi connectivity index (χ0) is 14.5. The Hall–Kier alpha value is -1.33. The summed E-state index contributed by atoms with van der Waals surface area (Å²) in [4.78, 5) is 12.0. The number of halogens is 2. The van der Waals surface area contributed by atoms with Crippen molar-refractivity contribution in [2.75, 3.05) is 13.1 Å². The largest absolute Gasteiger partial charge is 0.479 e. The van der Waals surface area contributed by atoms with E-state index in [0.717, 1.165) is 32.0 Å². The summed E-state index contributed by atoms with van der Waals surface area (Å²) in [6.07, 6.45) is 1.15. The van der Waals surface area contributed by atoms with E-state index in [9.17, 15) is 9.18 Å². The fourth-order valence-corrected chi connectivity index (χ4v) is 2.31. The van der Waals surface area contributed by atoms with E-state index in [-0.39, 0.29) is 17.0 Å². The second-order valence-electron chi connectivity index (χ2n) is 4.87. The summed E-state index contributed by atoms with van der Waals surface area (Å²) in [5.41, 5.74) is 0. The van der Waals surface area contributed by atoms with Crippen molar-refractivity contribution < 1.29 is 13.9 Å². The van der Waals surface area contributed by atoms with Crippen LogP contribution >= 0.6 is 11.6 Å². The molecule has 110 valence electrons. The Kier molecular flexibility index (Phi) is 5.20. The van der Waals surface area contributed by atoms with Gasteiger partial charge in [-0.15, -0.1) is 0 Å². The van der Waals surface area contributed by atoms with Gasteiger partial charge in [-0.05, 0) is 51.1 Å². The van der Waals surface area contributed by atoms with Crippen LogP contribution in [0.2, 0.25) is 5.02 Å². The Morgan fingerprint density at radius 2 is 2.20 bits per heavy atom. The maximum Gasteiger partial charge on any atom is 0.260 e. The van der Waals surface area contributed by atoms with Gasteiger partial charge in [-0.3, -0.25) is 4.79 Å². The lowest BCUT2D eigenvalue weighted by Crippen LogP contribution is -2.47. The molecule has 1 aliphatic rings. The smallest absolute Gasteiger partial charge is 0.260 e. The SMILES string of the molecule is CC(Oc1ccc(F)cc1Cl)C(=O)NC1CCNCC1. The molecule has 2 N–H and O–H groups in total. The fraction of sp³-hybridized carbons (Fsp3) is 0.500. The molecule has 6 heteroatoms. The van der Waals surface area contributed by atoms with Crippen LogP contribution in [0, 0.1) is 5.82 Å². The monoisotopic (exact) mass is 300 g/mol. The van der Waals surface area contributed by atoms with Crippen molar-refractivity contribution in [3.8, 4) is 5.75 Å². The second-order valence-corrected chi connectivity index (χ2v) is 5.27. The first-order valence-corrected chi connectivity index (χ1v) is 7.07. The highest BCUT2D eigenvalue weighted by molar-refractivity contribution is 6.32. The number of benzene rings is 1. The van der Waals surface area contributed by atoms with E-state index in [1.807, 2.05) is 0 Å². The van der Waals surface area contributed by atoms with Gasteiger partial charge >= 0.3 is 0 Å². The van der Waals surface area contributed by atoms with Crippen LogP contribution in [0.3, 0.4) is 0 Å². The number of hydrogen-bond donors (Lipinski definition) is 2. The van der Waals surface area contributed by atoms with Gasteiger partial charge in [0.1, 0.15) is 11.6 Å². The number of rotatable bonds is 4.